The third-order valence-electron chi connectivity index (χ3n) is 4.17. The Labute approximate surface area is 133 Å². The van der Waals surface area contributed by atoms with Gasteiger partial charge in [0, 0.05) is 19.4 Å². The lowest BCUT2D eigenvalue weighted by Crippen LogP contribution is -2.27. The number of thiazole rings is 1. The number of fused-ring (bicyclic) bond motifs is 2. The quantitative estimate of drug-likeness (QED) is 0.727. The van der Waals surface area contributed by atoms with E-state index in [2.05, 4.69) is 38.8 Å². The molecule has 112 valence electrons. The van der Waals surface area contributed by atoms with Crippen LogP contribution in [0.3, 0.4) is 0 Å². The van der Waals surface area contributed by atoms with Crippen molar-refractivity contribution in [3.05, 3.63) is 40.1 Å². The maximum Gasteiger partial charge on any atom is 0.180 e. The fourth-order valence-corrected chi connectivity index (χ4v) is 4.24. The van der Waals surface area contributed by atoms with Crippen LogP contribution in [-0.2, 0) is 6.42 Å². The van der Waals surface area contributed by atoms with Crippen molar-refractivity contribution in [2.45, 2.75) is 32.2 Å². The molecule has 3 aromatic rings. The second kappa shape index (κ2) is 5.28. The molecular formula is C16H17N5S. The summed E-state index contributed by atoms with van der Waals surface area (Å²) in [5.41, 5.74) is 2.80. The Kier molecular flexibility index (Phi) is 3.26. The van der Waals surface area contributed by atoms with E-state index in [-0.39, 0.29) is 0 Å². The molecule has 1 unspecified atom stereocenters. The van der Waals surface area contributed by atoms with E-state index in [9.17, 15) is 0 Å². The van der Waals surface area contributed by atoms with Gasteiger partial charge in [0.2, 0.25) is 0 Å². The first-order valence-corrected chi connectivity index (χ1v) is 8.31. The van der Waals surface area contributed by atoms with Crippen molar-refractivity contribution in [2.75, 3.05) is 11.9 Å². The van der Waals surface area contributed by atoms with Crippen LogP contribution in [0.1, 0.15) is 34.5 Å². The SMILES string of the molecule is Cc1nc2c(s1)C(N(C)c1ccc3nccnc3n1)CCC2. The van der Waals surface area contributed by atoms with Crippen molar-refractivity contribution in [3.8, 4) is 0 Å². The average molecular weight is 311 g/mol. The summed E-state index contributed by atoms with van der Waals surface area (Å²) in [6.45, 7) is 2.09. The molecule has 0 saturated carbocycles. The predicted molar refractivity (Wildman–Crippen MR) is 88.3 cm³/mol. The Bertz CT molecular complexity index is 828. The van der Waals surface area contributed by atoms with Gasteiger partial charge in [-0.05, 0) is 38.3 Å². The summed E-state index contributed by atoms with van der Waals surface area (Å²) in [6, 6.07) is 4.37. The molecule has 3 heterocycles. The molecule has 0 radical (unpaired) electrons. The third-order valence-corrected chi connectivity index (χ3v) is 5.29. The molecule has 1 aliphatic rings. The molecule has 0 spiro atoms. The molecule has 3 aromatic heterocycles. The summed E-state index contributed by atoms with van der Waals surface area (Å²) in [5.74, 6) is 0.942. The fraction of sp³-hybridized carbons (Fsp3) is 0.375. The number of hydrogen-bond donors (Lipinski definition) is 0. The lowest BCUT2D eigenvalue weighted by atomic mass is 9.97. The van der Waals surface area contributed by atoms with E-state index in [1.165, 1.54) is 17.0 Å². The van der Waals surface area contributed by atoms with Crippen molar-refractivity contribution in [1.29, 1.82) is 0 Å². The highest BCUT2D eigenvalue weighted by Crippen LogP contribution is 2.38. The molecule has 1 atom stereocenters. The third kappa shape index (κ3) is 2.23. The molecular weight excluding hydrogens is 294 g/mol. The Morgan fingerprint density at radius 3 is 2.95 bits per heavy atom. The van der Waals surface area contributed by atoms with E-state index in [0.29, 0.717) is 11.7 Å². The van der Waals surface area contributed by atoms with Gasteiger partial charge >= 0.3 is 0 Å². The highest BCUT2D eigenvalue weighted by atomic mass is 32.1. The summed E-state index contributed by atoms with van der Waals surface area (Å²) in [6.07, 6.45) is 6.80. The fourth-order valence-electron chi connectivity index (χ4n) is 3.09. The minimum atomic E-state index is 0.358. The molecule has 0 aliphatic heterocycles. The van der Waals surface area contributed by atoms with Crippen LogP contribution in [0.15, 0.2) is 24.5 Å². The zero-order valence-electron chi connectivity index (χ0n) is 12.7. The molecule has 0 aromatic carbocycles. The molecule has 0 fully saturated rings. The van der Waals surface area contributed by atoms with Crippen LogP contribution in [0.5, 0.6) is 0 Å². The normalized spacial score (nSPS) is 17.5. The van der Waals surface area contributed by atoms with E-state index >= 15 is 0 Å². The molecule has 0 N–H and O–H groups in total. The molecule has 0 amide bonds. The van der Waals surface area contributed by atoms with Gasteiger partial charge in [-0.25, -0.2) is 15.0 Å². The summed E-state index contributed by atoms with van der Waals surface area (Å²) in [7, 11) is 2.11. The van der Waals surface area contributed by atoms with E-state index < -0.39 is 0 Å². The van der Waals surface area contributed by atoms with Gasteiger partial charge in [-0.2, -0.15) is 0 Å². The lowest BCUT2D eigenvalue weighted by molar-refractivity contribution is 0.545. The Morgan fingerprint density at radius 1 is 1.18 bits per heavy atom. The smallest absolute Gasteiger partial charge is 0.180 e. The van der Waals surface area contributed by atoms with E-state index in [4.69, 9.17) is 0 Å². The van der Waals surface area contributed by atoms with Gasteiger partial charge in [0.05, 0.1) is 21.6 Å². The largest absolute Gasteiger partial charge is 0.352 e. The van der Waals surface area contributed by atoms with Gasteiger partial charge in [-0.15, -0.1) is 11.3 Å². The molecule has 6 heteroatoms. The molecule has 5 nitrogen and oxygen atoms in total. The Hall–Kier alpha value is -2.08. The van der Waals surface area contributed by atoms with Crippen LogP contribution in [0.4, 0.5) is 5.82 Å². The predicted octanol–water partition coefficient (Wildman–Crippen LogP) is 3.30. The number of pyridine rings is 1. The highest BCUT2D eigenvalue weighted by molar-refractivity contribution is 7.11. The van der Waals surface area contributed by atoms with Gasteiger partial charge in [0.15, 0.2) is 5.65 Å². The summed E-state index contributed by atoms with van der Waals surface area (Å²) in [5, 5.41) is 1.16. The standard InChI is InChI=1S/C16H17N5S/c1-10-19-11-4-3-5-13(15(11)22-10)21(2)14-7-6-12-16(20-14)18-9-8-17-12/h6-9,13H,3-5H2,1-2H3. The van der Waals surface area contributed by atoms with Crippen molar-refractivity contribution < 1.29 is 0 Å². The molecule has 1 aliphatic carbocycles. The number of rotatable bonds is 2. The van der Waals surface area contributed by atoms with Crippen LogP contribution >= 0.6 is 11.3 Å². The minimum absolute atomic E-state index is 0.358. The van der Waals surface area contributed by atoms with Gasteiger partial charge in [0.1, 0.15) is 11.3 Å². The second-order valence-corrected chi connectivity index (χ2v) is 6.87. The zero-order chi connectivity index (χ0) is 15.1. The van der Waals surface area contributed by atoms with Crippen molar-refractivity contribution in [1.82, 2.24) is 19.9 Å². The number of anilines is 1. The van der Waals surface area contributed by atoms with Crippen LogP contribution in [0.25, 0.3) is 11.2 Å². The van der Waals surface area contributed by atoms with Crippen LogP contribution in [0.2, 0.25) is 0 Å². The number of hydrogen-bond acceptors (Lipinski definition) is 6. The number of aryl methyl sites for hydroxylation is 2. The maximum atomic E-state index is 4.68. The monoisotopic (exact) mass is 311 g/mol. The second-order valence-electron chi connectivity index (χ2n) is 5.63. The lowest BCUT2D eigenvalue weighted by Gasteiger charge is -2.31. The first-order chi connectivity index (χ1) is 10.7. The van der Waals surface area contributed by atoms with Gasteiger partial charge < -0.3 is 4.90 Å². The minimum Gasteiger partial charge on any atom is -0.352 e. The number of nitrogens with zero attached hydrogens (tertiary/aromatic N) is 5. The van der Waals surface area contributed by atoms with Gasteiger partial charge in [-0.3, -0.25) is 4.98 Å². The highest BCUT2D eigenvalue weighted by Gasteiger charge is 2.27. The molecule has 0 bridgehead atoms. The van der Waals surface area contributed by atoms with Crippen molar-refractivity contribution in [2.24, 2.45) is 0 Å². The van der Waals surface area contributed by atoms with Crippen LogP contribution in [0, 0.1) is 6.92 Å². The summed E-state index contributed by atoms with van der Waals surface area (Å²) < 4.78 is 0. The van der Waals surface area contributed by atoms with Crippen molar-refractivity contribution in [3.63, 3.8) is 0 Å². The molecule has 0 saturated heterocycles. The van der Waals surface area contributed by atoms with Crippen molar-refractivity contribution >= 4 is 28.3 Å². The van der Waals surface area contributed by atoms with Gasteiger partial charge in [-0.1, -0.05) is 0 Å². The summed E-state index contributed by atoms with van der Waals surface area (Å²) >= 11 is 1.82. The average Bonchev–Trinajstić information content (AvgIpc) is 2.93. The first-order valence-electron chi connectivity index (χ1n) is 7.49. The van der Waals surface area contributed by atoms with E-state index in [1.807, 2.05) is 23.5 Å². The Balaban J connectivity index is 1.72. The zero-order valence-corrected chi connectivity index (χ0v) is 13.5. The van der Waals surface area contributed by atoms with Gasteiger partial charge in [0.25, 0.3) is 0 Å². The number of aromatic nitrogens is 4. The van der Waals surface area contributed by atoms with Crippen LogP contribution < -0.4 is 4.90 Å². The summed E-state index contributed by atoms with van der Waals surface area (Å²) in [4.78, 5) is 21.6. The topological polar surface area (TPSA) is 54.8 Å². The molecule has 22 heavy (non-hydrogen) atoms. The van der Waals surface area contributed by atoms with E-state index in [1.54, 1.807) is 12.4 Å². The maximum absolute atomic E-state index is 4.68. The van der Waals surface area contributed by atoms with E-state index in [0.717, 1.165) is 29.2 Å². The Morgan fingerprint density at radius 2 is 2.05 bits per heavy atom. The molecule has 4 rings (SSSR count). The first kappa shape index (κ1) is 13.6. The van der Waals surface area contributed by atoms with Crippen LogP contribution in [-0.4, -0.2) is 27.0 Å².